The van der Waals surface area contributed by atoms with Gasteiger partial charge in [0.25, 0.3) is 5.91 Å². The number of hydrogen-bond donors (Lipinski definition) is 1. The van der Waals surface area contributed by atoms with Crippen molar-refractivity contribution >= 4 is 11.8 Å². The minimum Gasteiger partial charge on any atom is -0.486 e. The lowest BCUT2D eigenvalue weighted by atomic mass is 9.87. The van der Waals surface area contributed by atoms with Gasteiger partial charge in [-0.25, -0.2) is 4.39 Å². The molecule has 7 nitrogen and oxygen atoms in total. The molecule has 5 rings (SSSR count). The lowest BCUT2D eigenvalue weighted by Gasteiger charge is -2.38. The number of benzene rings is 2. The maximum Gasteiger partial charge on any atom is 0.287 e. The number of ether oxygens (including phenoxy) is 1. The van der Waals surface area contributed by atoms with Gasteiger partial charge in [-0.15, -0.1) is 0 Å². The van der Waals surface area contributed by atoms with Crippen molar-refractivity contribution in [3.63, 3.8) is 0 Å². The Morgan fingerprint density at radius 2 is 1.95 bits per heavy atom. The van der Waals surface area contributed by atoms with Crippen LogP contribution in [0.4, 0.5) is 4.39 Å². The van der Waals surface area contributed by atoms with E-state index in [1.165, 1.54) is 12.1 Å². The first-order valence-electron chi connectivity index (χ1n) is 13.1. The maximum absolute atomic E-state index is 13.6. The summed E-state index contributed by atoms with van der Waals surface area (Å²) in [6.45, 7) is 3.03. The smallest absolute Gasteiger partial charge is 0.287 e. The van der Waals surface area contributed by atoms with Gasteiger partial charge in [0.05, 0.1) is 6.04 Å². The molecule has 2 amide bonds. The number of aromatic nitrogens is 1. The number of rotatable bonds is 9. The van der Waals surface area contributed by atoms with Crippen molar-refractivity contribution in [2.75, 3.05) is 13.1 Å². The van der Waals surface area contributed by atoms with Gasteiger partial charge < -0.3 is 19.4 Å². The van der Waals surface area contributed by atoms with Crippen LogP contribution in [-0.4, -0.2) is 34.8 Å². The summed E-state index contributed by atoms with van der Waals surface area (Å²) in [7, 11) is 0. The van der Waals surface area contributed by atoms with Crippen molar-refractivity contribution in [2.24, 2.45) is 0 Å². The van der Waals surface area contributed by atoms with Gasteiger partial charge in [-0.2, -0.15) is 0 Å². The van der Waals surface area contributed by atoms with Crippen LogP contribution >= 0.6 is 0 Å². The molecular formula is C31H30FN3O4. The number of carbonyl (C=O) groups is 2. The van der Waals surface area contributed by atoms with Crippen molar-refractivity contribution in [3.05, 3.63) is 119 Å². The Kier molecular flexibility index (Phi) is 8.01. The molecule has 1 aliphatic rings. The van der Waals surface area contributed by atoms with Crippen LogP contribution in [0.25, 0.3) is 0 Å². The molecule has 0 fully saturated rings. The average Bonchev–Trinajstić information content (AvgIpc) is 3.45. The highest BCUT2D eigenvalue weighted by atomic mass is 19.1. The molecule has 0 spiro atoms. The van der Waals surface area contributed by atoms with Gasteiger partial charge in [0.2, 0.25) is 5.91 Å². The molecule has 4 aromatic rings. The first kappa shape index (κ1) is 26.2. The van der Waals surface area contributed by atoms with Gasteiger partial charge >= 0.3 is 0 Å². The second-order valence-electron chi connectivity index (χ2n) is 9.39. The number of furan rings is 1. The third-order valence-electron chi connectivity index (χ3n) is 6.81. The van der Waals surface area contributed by atoms with Gasteiger partial charge in [-0.3, -0.25) is 14.6 Å². The summed E-state index contributed by atoms with van der Waals surface area (Å²) >= 11 is 0. The minimum absolute atomic E-state index is 0.0442. The normalized spacial score (nSPS) is 14.5. The molecule has 0 saturated heterocycles. The van der Waals surface area contributed by atoms with Crippen LogP contribution in [0.1, 0.15) is 58.1 Å². The molecule has 2 aromatic heterocycles. The Labute approximate surface area is 226 Å². The van der Waals surface area contributed by atoms with E-state index in [0.717, 1.165) is 28.8 Å². The molecule has 0 aliphatic carbocycles. The first-order chi connectivity index (χ1) is 19.0. The molecular weight excluding hydrogens is 497 g/mol. The fourth-order valence-electron chi connectivity index (χ4n) is 4.83. The lowest BCUT2D eigenvalue weighted by Crippen LogP contribution is -2.40. The van der Waals surface area contributed by atoms with Gasteiger partial charge in [0.1, 0.15) is 23.9 Å². The Bertz CT molecular complexity index is 1440. The molecule has 1 aliphatic heterocycles. The predicted octanol–water partition coefficient (Wildman–Crippen LogP) is 5.25. The summed E-state index contributed by atoms with van der Waals surface area (Å²) in [6, 6.07) is 20.8. The molecule has 200 valence electrons. The van der Waals surface area contributed by atoms with Gasteiger partial charge in [-0.05, 0) is 71.6 Å². The number of nitrogens with one attached hydrogen (secondary N) is 1. The van der Waals surface area contributed by atoms with E-state index in [-0.39, 0.29) is 36.0 Å². The average molecular weight is 528 g/mol. The van der Waals surface area contributed by atoms with E-state index in [4.69, 9.17) is 9.15 Å². The van der Waals surface area contributed by atoms with Crippen LogP contribution < -0.4 is 10.1 Å². The number of halogens is 1. The largest absolute Gasteiger partial charge is 0.486 e. The van der Waals surface area contributed by atoms with Crippen LogP contribution in [0.15, 0.2) is 83.4 Å². The highest BCUT2D eigenvalue weighted by Crippen LogP contribution is 2.37. The van der Waals surface area contributed by atoms with Crippen LogP contribution in [-0.2, 0) is 24.2 Å². The van der Waals surface area contributed by atoms with Crippen LogP contribution in [0, 0.1) is 5.82 Å². The summed E-state index contributed by atoms with van der Waals surface area (Å²) in [5.41, 5.74) is 3.83. The van der Waals surface area contributed by atoms with Crippen molar-refractivity contribution in [1.82, 2.24) is 15.2 Å². The second kappa shape index (κ2) is 11.9. The molecule has 0 bridgehead atoms. The van der Waals surface area contributed by atoms with Crippen LogP contribution in [0.2, 0.25) is 0 Å². The lowest BCUT2D eigenvalue weighted by molar-refractivity contribution is -0.132. The fraction of sp³-hybridized carbons (Fsp3) is 0.258. The molecule has 0 radical (unpaired) electrons. The zero-order chi connectivity index (χ0) is 27.2. The number of hydrogen-bond acceptors (Lipinski definition) is 5. The molecule has 8 heteroatoms. The number of nitrogens with zero attached hydrogens (tertiary/aromatic N) is 2. The molecule has 1 N–H and O–H groups in total. The summed E-state index contributed by atoms with van der Waals surface area (Å²) in [4.78, 5) is 31.4. The van der Waals surface area contributed by atoms with Crippen molar-refractivity contribution in [2.45, 2.75) is 38.8 Å². The monoisotopic (exact) mass is 527 g/mol. The zero-order valence-corrected chi connectivity index (χ0v) is 21.7. The van der Waals surface area contributed by atoms with E-state index in [9.17, 15) is 14.0 Å². The number of amides is 2. The van der Waals surface area contributed by atoms with Gasteiger partial charge in [0.15, 0.2) is 5.76 Å². The second-order valence-corrected chi connectivity index (χ2v) is 9.39. The molecule has 1 atom stereocenters. The predicted molar refractivity (Wildman–Crippen MR) is 144 cm³/mol. The molecule has 2 aromatic carbocycles. The molecule has 0 saturated carbocycles. The number of fused-ring (bicyclic) bond motifs is 1. The minimum atomic E-state index is -0.324. The van der Waals surface area contributed by atoms with E-state index in [0.29, 0.717) is 37.4 Å². The van der Waals surface area contributed by atoms with E-state index in [1.54, 1.807) is 30.5 Å². The SMILES string of the molecule is CCC(=O)N1CCc2ccc(OCc3ccc(C(=O)NCCc4ccccn4)o3)cc2C1c1ccc(F)cc1. The van der Waals surface area contributed by atoms with Crippen LogP contribution in [0.3, 0.4) is 0 Å². The summed E-state index contributed by atoms with van der Waals surface area (Å²) in [5.74, 6) is 0.770. The number of pyridine rings is 1. The number of carbonyl (C=O) groups excluding carboxylic acids is 2. The Morgan fingerprint density at radius 1 is 1.10 bits per heavy atom. The Balaban J connectivity index is 1.26. The first-order valence-corrected chi connectivity index (χ1v) is 13.1. The Hall–Kier alpha value is -4.46. The van der Waals surface area contributed by atoms with E-state index in [2.05, 4.69) is 10.3 Å². The zero-order valence-electron chi connectivity index (χ0n) is 21.7. The Morgan fingerprint density at radius 3 is 2.72 bits per heavy atom. The maximum atomic E-state index is 13.6. The standard InChI is InChI=1S/C31H30FN3O4/c1-2-29(36)35-18-15-21-8-11-25(19-27(21)30(35)22-6-9-23(32)10-7-22)38-20-26-12-13-28(39-26)31(37)34-17-14-24-5-3-4-16-33-24/h3-13,16,19,30H,2,14-15,17-18,20H2,1H3,(H,34,37). The van der Waals surface area contributed by atoms with E-state index < -0.39 is 0 Å². The van der Waals surface area contributed by atoms with Gasteiger partial charge in [0, 0.05) is 37.8 Å². The van der Waals surface area contributed by atoms with E-state index >= 15 is 0 Å². The van der Waals surface area contributed by atoms with Crippen molar-refractivity contribution < 1.29 is 23.1 Å². The highest BCUT2D eigenvalue weighted by molar-refractivity contribution is 5.91. The quantitative estimate of drug-likeness (QED) is 0.321. The molecule has 39 heavy (non-hydrogen) atoms. The molecule has 1 unspecified atom stereocenters. The summed E-state index contributed by atoms with van der Waals surface area (Å²) in [6.07, 6.45) is 3.47. The third-order valence-corrected chi connectivity index (χ3v) is 6.81. The highest BCUT2D eigenvalue weighted by Gasteiger charge is 2.31. The van der Waals surface area contributed by atoms with Crippen molar-refractivity contribution in [3.8, 4) is 5.75 Å². The summed E-state index contributed by atoms with van der Waals surface area (Å²) < 4.78 is 25.4. The van der Waals surface area contributed by atoms with E-state index in [1.807, 2.05) is 48.2 Å². The molecule has 3 heterocycles. The van der Waals surface area contributed by atoms with Crippen molar-refractivity contribution in [1.29, 1.82) is 0 Å². The summed E-state index contributed by atoms with van der Waals surface area (Å²) in [5, 5.41) is 2.84. The third kappa shape index (κ3) is 6.17. The topological polar surface area (TPSA) is 84.7 Å². The van der Waals surface area contributed by atoms with Gasteiger partial charge in [-0.1, -0.05) is 31.2 Å². The fourth-order valence-corrected chi connectivity index (χ4v) is 4.83. The van der Waals surface area contributed by atoms with Crippen LogP contribution in [0.5, 0.6) is 5.75 Å².